The normalized spacial score (nSPS) is 17.3. The van der Waals surface area contributed by atoms with Gasteiger partial charge in [-0.25, -0.2) is 0 Å². The molecule has 1 fully saturated rings. The second-order valence-electron chi connectivity index (χ2n) is 3.88. The molecule has 0 aromatic carbocycles. The zero-order valence-corrected chi connectivity index (χ0v) is 9.15. The van der Waals surface area contributed by atoms with Gasteiger partial charge in [0.2, 0.25) is 5.82 Å². The number of hydrogen-bond donors (Lipinski definition) is 0. The highest BCUT2D eigenvalue weighted by molar-refractivity contribution is 7.08. The summed E-state index contributed by atoms with van der Waals surface area (Å²) in [5, 5.41) is 16.7. The van der Waals surface area contributed by atoms with E-state index < -0.39 is 0 Å². The molecule has 0 unspecified atom stereocenters. The highest BCUT2D eigenvalue weighted by Gasteiger charge is 2.19. The quantitative estimate of drug-likeness (QED) is 0.781. The first-order valence-electron chi connectivity index (χ1n) is 5.25. The van der Waals surface area contributed by atoms with Gasteiger partial charge in [0, 0.05) is 10.9 Å². The van der Waals surface area contributed by atoms with Gasteiger partial charge in [0.05, 0.1) is 6.04 Å². The van der Waals surface area contributed by atoms with Gasteiger partial charge in [0.25, 0.3) is 0 Å². The molecule has 0 N–H and O–H groups in total. The molecule has 1 aliphatic rings. The average molecular weight is 220 g/mol. The molecular weight excluding hydrogens is 208 g/mol. The van der Waals surface area contributed by atoms with Crippen molar-refractivity contribution in [1.29, 1.82) is 0 Å². The first kappa shape index (κ1) is 9.03. The summed E-state index contributed by atoms with van der Waals surface area (Å²) in [5.74, 6) is 0.753. The zero-order valence-electron chi connectivity index (χ0n) is 8.33. The number of rotatable bonds is 2. The first-order chi connectivity index (χ1) is 7.43. The summed E-state index contributed by atoms with van der Waals surface area (Å²) >= 11 is 1.66. The van der Waals surface area contributed by atoms with Crippen molar-refractivity contribution in [2.75, 3.05) is 0 Å². The Kier molecular flexibility index (Phi) is 2.25. The Hall–Kier alpha value is -1.23. The lowest BCUT2D eigenvalue weighted by Gasteiger charge is -2.04. The third-order valence-corrected chi connectivity index (χ3v) is 3.54. The van der Waals surface area contributed by atoms with E-state index in [0.29, 0.717) is 6.04 Å². The van der Waals surface area contributed by atoms with Crippen LogP contribution in [0.5, 0.6) is 0 Å². The van der Waals surface area contributed by atoms with Gasteiger partial charge in [-0.15, -0.1) is 10.2 Å². The van der Waals surface area contributed by atoms with Crippen molar-refractivity contribution in [3.8, 4) is 11.4 Å². The van der Waals surface area contributed by atoms with Crippen LogP contribution in [0.4, 0.5) is 0 Å². The minimum absolute atomic E-state index is 0.477. The molecule has 3 rings (SSSR count). The molecule has 15 heavy (non-hydrogen) atoms. The largest absolute Gasteiger partial charge is 0.205 e. The highest BCUT2D eigenvalue weighted by atomic mass is 32.1. The van der Waals surface area contributed by atoms with Crippen LogP contribution in [0.3, 0.4) is 0 Å². The molecule has 0 atom stereocenters. The number of aromatic nitrogens is 4. The van der Waals surface area contributed by atoms with E-state index in [4.69, 9.17) is 0 Å². The van der Waals surface area contributed by atoms with E-state index in [1.807, 2.05) is 11.4 Å². The molecule has 2 aromatic heterocycles. The van der Waals surface area contributed by atoms with E-state index in [2.05, 4.69) is 20.8 Å². The summed E-state index contributed by atoms with van der Waals surface area (Å²) in [7, 11) is 0. The van der Waals surface area contributed by atoms with Crippen LogP contribution in [-0.2, 0) is 0 Å². The molecule has 0 amide bonds. The minimum Gasteiger partial charge on any atom is -0.161 e. The third-order valence-electron chi connectivity index (χ3n) is 2.86. The number of hydrogen-bond acceptors (Lipinski definition) is 4. The Morgan fingerprint density at radius 1 is 1.33 bits per heavy atom. The smallest absolute Gasteiger partial charge is 0.161 e. The summed E-state index contributed by atoms with van der Waals surface area (Å²) in [6, 6.07) is 2.51. The number of tetrazole rings is 1. The SMILES string of the molecule is c1cc(-c2nnn(C3CCCC3)n2)cs1. The van der Waals surface area contributed by atoms with Crippen LogP contribution in [-0.4, -0.2) is 20.2 Å². The minimum atomic E-state index is 0.477. The Morgan fingerprint density at radius 2 is 2.20 bits per heavy atom. The molecular formula is C10H12N4S. The maximum atomic E-state index is 4.44. The molecule has 0 radical (unpaired) electrons. The van der Waals surface area contributed by atoms with Gasteiger partial charge in [-0.05, 0) is 29.5 Å². The zero-order chi connectivity index (χ0) is 10.1. The second kappa shape index (κ2) is 3.73. The van der Waals surface area contributed by atoms with Crippen LogP contribution in [0.1, 0.15) is 31.7 Å². The van der Waals surface area contributed by atoms with Crippen LogP contribution in [0, 0.1) is 0 Å². The molecule has 0 aliphatic heterocycles. The lowest BCUT2D eigenvalue weighted by molar-refractivity contribution is 0.405. The molecule has 1 saturated carbocycles. The number of thiophene rings is 1. The molecule has 0 bridgehead atoms. The maximum absolute atomic E-state index is 4.44. The van der Waals surface area contributed by atoms with Crippen LogP contribution in [0.2, 0.25) is 0 Å². The Morgan fingerprint density at radius 3 is 2.93 bits per heavy atom. The van der Waals surface area contributed by atoms with Gasteiger partial charge in [0.15, 0.2) is 0 Å². The molecule has 2 heterocycles. The molecule has 2 aromatic rings. The molecule has 1 aliphatic carbocycles. The summed E-state index contributed by atoms with van der Waals surface area (Å²) in [6.45, 7) is 0. The van der Waals surface area contributed by atoms with Crippen molar-refractivity contribution in [3.63, 3.8) is 0 Å². The van der Waals surface area contributed by atoms with Crippen LogP contribution >= 0.6 is 11.3 Å². The molecule has 4 nitrogen and oxygen atoms in total. The van der Waals surface area contributed by atoms with E-state index >= 15 is 0 Å². The molecule has 0 saturated heterocycles. The number of nitrogens with zero attached hydrogens (tertiary/aromatic N) is 4. The summed E-state index contributed by atoms with van der Waals surface area (Å²) in [4.78, 5) is 1.79. The Balaban J connectivity index is 1.87. The maximum Gasteiger partial charge on any atom is 0.205 e. The second-order valence-corrected chi connectivity index (χ2v) is 4.66. The van der Waals surface area contributed by atoms with E-state index in [1.54, 1.807) is 16.1 Å². The molecule has 5 heteroatoms. The summed E-state index contributed by atoms with van der Waals surface area (Å²) in [5.41, 5.74) is 1.07. The fraction of sp³-hybridized carbons (Fsp3) is 0.500. The lowest BCUT2D eigenvalue weighted by Crippen LogP contribution is -2.08. The predicted octanol–water partition coefficient (Wildman–Crippen LogP) is 2.52. The van der Waals surface area contributed by atoms with E-state index in [0.717, 1.165) is 11.4 Å². The van der Waals surface area contributed by atoms with Gasteiger partial charge in [-0.2, -0.15) is 16.1 Å². The topological polar surface area (TPSA) is 43.6 Å². The summed E-state index contributed by atoms with van der Waals surface area (Å²) in [6.07, 6.45) is 4.97. The van der Waals surface area contributed by atoms with E-state index in [-0.39, 0.29) is 0 Å². The fourth-order valence-corrected chi connectivity index (χ4v) is 2.66. The Labute approximate surface area is 91.9 Å². The van der Waals surface area contributed by atoms with Gasteiger partial charge in [-0.3, -0.25) is 0 Å². The first-order valence-corrected chi connectivity index (χ1v) is 6.20. The standard InChI is InChI=1S/C10H12N4S/c1-2-4-9(3-1)14-12-10(11-13-14)8-5-6-15-7-8/h5-7,9H,1-4H2. The van der Waals surface area contributed by atoms with Crippen molar-refractivity contribution < 1.29 is 0 Å². The third kappa shape index (κ3) is 1.67. The van der Waals surface area contributed by atoms with Crippen LogP contribution in [0.25, 0.3) is 11.4 Å². The average Bonchev–Trinajstić information content (AvgIpc) is 3.02. The van der Waals surface area contributed by atoms with Gasteiger partial charge < -0.3 is 0 Å². The lowest BCUT2D eigenvalue weighted by atomic mass is 10.3. The monoisotopic (exact) mass is 220 g/mol. The van der Waals surface area contributed by atoms with Crippen molar-refractivity contribution in [2.24, 2.45) is 0 Å². The highest BCUT2D eigenvalue weighted by Crippen LogP contribution is 2.28. The van der Waals surface area contributed by atoms with Gasteiger partial charge >= 0.3 is 0 Å². The van der Waals surface area contributed by atoms with E-state index in [1.165, 1.54) is 25.7 Å². The van der Waals surface area contributed by atoms with Crippen molar-refractivity contribution in [3.05, 3.63) is 16.8 Å². The van der Waals surface area contributed by atoms with Crippen LogP contribution < -0.4 is 0 Å². The molecule has 0 spiro atoms. The van der Waals surface area contributed by atoms with Gasteiger partial charge in [0.1, 0.15) is 0 Å². The van der Waals surface area contributed by atoms with Crippen LogP contribution in [0.15, 0.2) is 16.8 Å². The van der Waals surface area contributed by atoms with Gasteiger partial charge in [-0.1, -0.05) is 12.8 Å². The Bertz CT molecular complexity index is 428. The molecule has 78 valence electrons. The summed E-state index contributed by atoms with van der Waals surface area (Å²) < 4.78 is 0. The predicted molar refractivity (Wildman–Crippen MR) is 58.6 cm³/mol. The fourth-order valence-electron chi connectivity index (χ4n) is 2.02. The van der Waals surface area contributed by atoms with E-state index in [9.17, 15) is 0 Å². The van der Waals surface area contributed by atoms with Crippen molar-refractivity contribution in [1.82, 2.24) is 20.2 Å². The van der Waals surface area contributed by atoms with Crippen molar-refractivity contribution in [2.45, 2.75) is 31.7 Å². The van der Waals surface area contributed by atoms with Crippen molar-refractivity contribution >= 4 is 11.3 Å².